The minimum atomic E-state index is -1.58. The van der Waals surface area contributed by atoms with Crippen molar-refractivity contribution in [2.45, 2.75) is 32.5 Å². The van der Waals surface area contributed by atoms with E-state index in [0.29, 0.717) is 5.56 Å². The van der Waals surface area contributed by atoms with Crippen molar-refractivity contribution in [3.8, 4) is 0 Å². The molecule has 1 rings (SSSR count). The Morgan fingerprint density at radius 3 is 2.12 bits per heavy atom. The van der Waals surface area contributed by atoms with Crippen molar-refractivity contribution >= 4 is 8.32 Å². The molecule has 4 heteroatoms. The fourth-order valence-corrected chi connectivity index (χ4v) is 1.80. The molecule has 1 aromatic rings. The molecular weight excluding hydrogens is 238 g/mol. The lowest BCUT2D eigenvalue weighted by Crippen LogP contribution is -2.22. The van der Waals surface area contributed by atoms with Gasteiger partial charge in [-0.25, -0.2) is 8.78 Å². The lowest BCUT2D eigenvalue weighted by Gasteiger charge is -2.15. The van der Waals surface area contributed by atoms with E-state index < -0.39 is 20.0 Å². The first-order chi connectivity index (χ1) is 7.78. The molecule has 1 nitrogen and oxygen atoms in total. The molecule has 0 aliphatic heterocycles. The SMILES string of the molecule is CC(/C=C/O[Si](C)(C)C)c1cc(F)cc(F)c1. The molecule has 0 amide bonds. The molecule has 0 aromatic heterocycles. The summed E-state index contributed by atoms with van der Waals surface area (Å²) in [4.78, 5) is 0. The number of halogens is 2. The van der Waals surface area contributed by atoms with Crippen LogP contribution in [0.5, 0.6) is 0 Å². The van der Waals surface area contributed by atoms with Crippen molar-refractivity contribution in [1.82, 2.24) is 0 Å². The van der Waals surface area contributed by atoms with Gasteiger partial charge in [-0.2, -0.15) is 0 Å². The first-order valence-corrected chi connectivity index (χ1v) is 8.99. The van der Waals surface area contributed by atoms with E-state index in [9.17, 15) is 8.78 Å². The average molecular weight is 256 g/mol. The molecule has 17 heavy (non-hydrogen) atoms. The molecule has 0 bridgehead atoms. The van der Waals surface area contributed by atoms with Gasteiger partial charge in [0, 0.05) is 12.0 Å². The summed E-state index contributed by atoms with van der Waals surface area (Å²) in [7, 11) is -1.58. The van der Waals surface area contributed by atoms with E-state index in [0.717, 1.165) is 6.07 Å². The molecule has 1 atom stereocenters. The maximum atomic E-state index is 13.0. The van der Waals surface area contributed by atoms with Crippen LogP contribution in [0.1, 0.15) is 18.4 Å². The first-order valence-electron chi connectivity index (χ1n) is 5.58. The zero-order valence-electron chi connectivity index (χ0n) is 10.6. The predicted molar refractivity (Wildman–Crippen MR) is 68.3 cm³/mol. The predicted octanol–water partition coefficient (Wildman–Crippen LogP) is 4.43. The first kappa shape index (κ1) is 13.9. The largest absolute Gasteiger partial charge is 0.550 e. The molecule has 0 heterocycles. The smallest absolute Gasteiger partial charge is 0.241 e. The van der Waals surface area contributed by atoms with Crippen LogP contribution in [0.25, 0.3) is 0 Å². The summed E-state index contributed by atoms with van der Waals surface area (Å²) in [6, 6.07) is 3.55. The van der Waals surface area contributed by atoms with Crippen molar-refractivity contribution in [2.75, 3.05) is 0 Å². The molecular formula is C13H18F2OSi. The molecule has 0 fully saturated rings. The summed E-state index contributed by atoms with van der Waals surface area (Å²) in [6.45, 7) is 8.09. The number of allylic oxidation sites excluding steroid dienone is 1. The van der Waals surface area contributed by atoms with Gasteiger partial charge in [-0.15, -0.1) is 0 Å². The Hall–Kier alpha value is -1.16. The molecule has 1 aromatic carbocycles. The molecule has 0 saturated heterocycles. The number of hydrogen-bond donors (Lipinski definition) is 0. The molecule has 0 aliphatic rings. The molecule has 0 N–H and O–H groups in total. The third-order valence-corrected chi connectivity index (χ3v) is 3.04. The molecule has 0 radical (unpaired) electrons. The van der Waals surface area contributed by atoms with E-state index in [4.69, 9.17) is 4.43 Å². The summed E-state index contributed by atoms with van der Waals surface area (Å²) < 4.78 is 31.6. The Labute approximate surface area is 102 Å². The van der Waals surface area contributed by atoms with Gasteiger partial charge in [-0.1, -0.05) is 6.92 Å². The second-order valence-corrected chi connectivity index (χ2v) is 9.51. The minimum Gasteiger partial charge on any atom is -0.550 e. The van der Waals surface area contributed by atoms with Crippen LogP contribution in [0.4, 0.5) is 8.78 Å². The normalized spacial score (nSPS) is 14.0. The summed E-state index contributed by atoms with van der Waals surface area (Å²) >= 11 is 0. The van der Waals surface area contributed by atoms with Crippen LogP contribution in [0.2, 0.25) is 19.6 Å². The van der Waals surface area contributed by atoms with Crippen molar-refractivity contribution in [3.63, 3.8) is 0 Å². The monoisotopic (exact) mass is 256 g/mol. The highest BCUT2D eigenvalue weighted by atomic mass is 28.4. The Kier molecular flexibility index (Phi) is 4.45. The molecule has 0 spiro atoms. The minimum absolute atomic E-state index is 0.0726. The van der Waals surface area contributed by atoms with Gasteiger partial charge in [0.15, 0.2) is 0 Å². The Morgan fingerprint density at radius 2 is 1.65 bits per heavy atom. The zero-order valence-corrected chi connectivity index (χ0v) is 11.6. The Balaban J connectivity index is 2.73. The lowest BCUT2D eigenvalue weighted by molar-refractivity contribution is 0.475. The fourth-order valence-electron chi connectivity index (χ4n) is 1.31. The van der Waals surface area contributed by atoms with Crippen LogP contribution in [-0.2, 0) is 4.43 Å². The van der Waals surface area contributed by atoms with Gasteiger partial charge < -0.3 is 4.43 Å². The van der Waals surface area contributed by atoms with Crippen molar-refractivity contribution in [1.29, 1.82) is 0 Å². The topological polar surface area (TPSA) is 9.23 Å². The van der Waals surface area contributed by atoms with Crippen LogP contribution in [0, 0.1) is 11.6 Å². The summed E-state index contributed by atoms with van der Waals surface area (Å²) in [5.41, 5.74) is 0.609. The van der Waals surface area contributed by atoms with E-state index in [2.05, 4.69) is 19.6 Å². The Morgan fingerprint density at radius 1 is 1.12 bits per heavy atom. The maximum Gasteiger partial charge on any atom is 0.241 e. The van der Waals surface area contributed by atoms with Gasteiger partial charge in [-0.05, 0) is 43.4 Å². The average Bonchev–Trinajstić information content (AvgIpc) is 2.13. The quantitative estimate of drug-likeness (QED) is 0.572. The highest BCUT2D eigenvalue weighted by Gasteiger charge is 2.13. The van der Waals surface area contributed by atoms with Crippen LogP contribution in [0.15, 0.2) is 30.5 Å². The van der Waals surface area contributed by atoms with Crippen LogP contribution in [-0.4, -0.2) is 8.32 Å². The number of rotatable bonds is 4. The lowest BCUT2D eigenvalue weighted by atomic mass is 10.0. The standard InChI is InChI=1S/C13H18F2OSi/c1-10(5-6-16-17(2,3)4)11-7-12(14)9-13(15)8-11/h5-10H,1-4H3/b6-5+. The molecule has 94 valence electrons. The third-order valence-electron chi connectivity index (χ3n) is 2.20. The van der Waals surface area contributed by atoms with Gasteiger partial charge in [0.05, 0.1) is 6.26 Å². The van der Waals surface area contributed by atoms with Crippen molar-refractivity contribution < 1.29 is 13.2 Å². The number of benzene rings is 1. The van der Waals surface area contributed by atoms with E-state index in [-0.39, 0.29) is 5.92 Å². The van der Waals surface area contributed by atoms with Crippen molar-refractivity contribution in [2.24, 2.45) is 0 Å². The second kappa shape index (κ2) is 5.45. The van der Waals surface area contributed by atoms with Crippen LogP contribution >= 0.6 is 0 Å². The third kappa shape index (κ3) is 5.13. The summed E-state index contributed by atoms with van der Waals surface area (Å²) in [5, 5.41) is 0. The van der Waals surface area contributed by atoms with E-state index in [1.165, 1.54) is 12.1 Å². The molecule has 1 unspecified atom stereocenters. The van der Waals surface area contributed by atoms with E-state index in [1.54, 1.807) is 6.26 Å². The Bertz CT molecular complexity index is 390. The second-order valence-electron chi connectivity index (χ2n) is 5.05. The highest BCUT2D eigenvalue weighted by molar-refractivity contribution is 6.69. The van der Waals surface area contributed by atoms with Gasteiger partial charge in [-0.3, -0.25) is 0 Å². The van der Waals surface area contributed by atoms with Gasteiger partial charge >= 0.3 is 0 Å². The summed E-state index contributed by atoms with van der Waals surface area (Å²) in [6.07, 6.45) is 3.45. The zero-order chi connectivity index (χ0) is 13.1. The maximum absolute atomic E-state index is 13.0. The molecule has 0 aliphatic carbocycles. The molecule has 0 saturated carbocycles. The van der Waals surface area contributed by atoms with Crippen molar-refractivity contribution in [3.05, 3.63) is 47.7 Å². The van der Waals surface area contributed by atoms with Crippen LogP contribution in [0.3, 0.4) is 0 Å². The summed E-state index contributed by atoms with van der Waals surface area (Å²) in [5.74, 6) is -1.17. The van der Waals surface area contributed by atoms with Gasteiger partial charge in [0.25, 0.3) is 0 Å². The van der Waals surface area contributed by atoms with E-state index in [1.807, 2.05) is 13.0 Å². The van der Waals surface area contributed by atoms with Crippen LogP contribution < -0.4 is 0 Å². The highest BCUT2D eigenvalue weighted by Crippen LogP contribution is 2.19. The van der Waals surface area contributed by atoms with Gasteiger partial charge in [0.2, 0.25) is 8.32 Å². The van der Waals surface area contributed by atoms with E-state index >= 15 is 0 Å². The van der Waals surface area contributed by atoms with Gasteiger partial charge in [0.1, 0.15) is 11.6 Å². The number of hydrogen-bond acceptors (Lipinski definition) is 1. The fraction of sp³-hybridized carbons (Fsp3) is 0.385.